The number of nitrogens with two attached hydrogens (primary N) is 1. The molecule has 1 aliphatic heterocycles. The van der Waals surface area contributed by atoms with Crippen molar-refractivity contribution in [3.8, 4) is 0 Å². The summed E-state index contributed by atoms with van der Waals surface area (Å²) in [5.41, 5.74) is 8.68. The second kappa shape index (κ2) is 10.2. The third-order valence-electron chi connectivity index (χ3n) is 4.64. The van der Waals surface area contributed by atoms with Gasteiger partial charge in [0, 0.05) is 42.9 Å². The number of amides is 1. The van der Waals surface area contributed by atoms with Crippen molar-refractivity contribution in [3.63, 3.8) is 0 Å². The van der Waals surface area contributed by atoms with Gasteiger partial charge < -0.3 is 21.1 Å². The lowest BCUT2D eigenvalue weighted by Gasteiger charge is -2.34. The maximum Gasteiger partial charge on any atom is 0.490 e. The molecule has 1 atom stereocenters. The quantitative estimate of drug-likeness (QED) is 0.693. The molecule has 4 N–H and O–H groups in total. The maximum absolute atomic E-state index is 12.3. The minimum Gasteiger partial charge on any atom is -0.475 e. The minimum absolute atomic E-state index is 0.0301. The van der Waals surface area contributed by atoms with Crippen molar-refractivity contribution >= 4 is 28.5 Å². The molecule has 7 nitrogen and oxygen atoms in total. The van der Waals surface area contributed by atoms with Crippen LogP contribution in [0, 0.1) is 12.8 Å². The number of rotatable bonds is 4. The van der Waals surface area contributed by atoms with Gasteiger partial charge in [0.2, 0.25) is 5.91 Å². The number of hydrogen-bond acceptors (Lipinski definition) is 5. The van der Waals surface area contributed by atoms with Crippen LogP contribution in [0.2, 0.25) is 0 Å². The van der Waals surface area contributed by atoms with Gasteiger partial charge in [-0.25, -0.2) is 4.79 Å². The number of alkyl halides is 3. The number of aliphatic carboxylic acids is 1. The Hall–Kier alpha value is -2.88. The number of aromatic nitrogens is 1. The third-order valence-corrected chi connectivity index (χ3v) is 4.64. The molecule has 0 radical (unpaired) electrons. The predicted molar refractivity (Wildman–Crippen MR) is 107 cm³/mol. The van der Waals surface area contributed by atoms with E-state index in [9.17, 15) is 18.0 Å². The number of hydrogen-bond donors (Lipinski definition) is 3. The third kappa shape index (κ3) is 6.31. The highest BCUT2D eigenvalue weighted by Crippen LogP contribution is 2.30. The van der Waals surface area contributed by atoms with Gasteiger partial charge in [-0.05, 0) is 31.9 Å². The molecule has 3 rings (SSSR count). The summed E-state index contributed by atoms with van der Waals surface area (Å²) < 4.78 is 31.7. The average molecular weight is 426 g/mol. The lowest BCUT2D eigenvalue weighted by atomic mass is 9.96. The van der Waals surface area contributed by atoms with Crippen LogP contribution in [0.1, 0.15) is 18.5 Å². The van der Waals surface area contributed by atoms with Crippen LogP contribution in [0.4, 0.5) is 18.9 Å². The summed E-state index contributed by atoms with van der Waals surface area (Å²) in [6, 6.07) is 10.3. The van der Waals surface area contributed by atoms with E-state index in [0.717, 1.165) is 42.5 Å². The molecular weight excluding hydrogens is 401 g/mol. The summed E-state index contributed by atoms with van der Waals surface area (Å²) in [6.45, 7) is 4.78. The van der Waals surface area contributed by atoms with E-state index in [2.05, 4.69) is 27.3 Å². The van der Waals surface area contributed by atoms with Crippen molar-refractivity contribution in [2.45, 2.75) is 25.9 Å². The van der Waals surface area contributed by atoms with E-state index in [4.69, 9.17) is 15.6 Å². The van der Waals surface area contributed by atoms with Gasteiger partial charge in [-0.15, -0.1) is 0 Å². The number of carboxylic acids is 1. The van der Waals surface area contributed by atoms with Crippen LogP contribution in [-0.4, -0.2) is 54.3 Å². The van der Waals surface area contributed by atoms with Crippen molar-refractivity contribution in [2.24, 2.45) is 11.7 Å². The van der Waals surface area contributed by atoms with Crippen LogP contribution in [0.15, 0.2) is 30.3 Å². The fourth-order valence-corrected chi connectivity index (χ4v) is 3.30. The van der Waals surface area contributed by atoms with E-state index in [1.165, 1.54) is 5.69 Å². The summed E-state index contributed by atoms with van der Waals surface area (Å²) in [7, 11) is 0. The van der Waals surface area contributed by atoms with E-state index in [-0.39, 0.29) is 11.8 Å². The van der Waals surface area contributed by atoms with Crippen LogP contribution in [-0.2, 0) is 9.59 Å². The minimum atomic E-state index is -5.08. The Labute approximate surface area is 172 Å². The van der Waals surface area contributed by atoms with Crippen LogP contribution >= 0.6 is 0 Å². The van der Waals surface area contributed by atoms with Crippen LogP contribution < -0.4 is 16.0 Å². The van der Waals surface area contributed by atoms with Crippen molar-refractivity contribution in [1.82, 2.24) is 10.3 Å². The number of carbonyl (C=O) groups is 2. The topological polar surface area (TPSA) is 109 Å². The highest BCUT2D eigenvalue weighted by Gasteiger charge is 2.38. The number of nitrogens with zero attached hydrogens (tertiary/aromatic N) is 2. The Balaban J connectivity index is 0.000000396. The molecule has 164 valence electrons. The lowest BCUT2D eigenvalue weighted by molar-refractivity contribution is -0.192. The lowest BCUT2D eigenvalue weighted by Crippen LogP contribution is -2.44. The Morgan fingerprint density at radius 3 is 2.63 bits per heavy atom. The first kappa shape index (κ1) is 23.4. The Kier molecular flexibility index (Phi) is 7.99. The second-order valence-corrected chi connectivity index (χ2v) is 6.97. The van der Waals surface area contributed by atoms with E-state index in [1.54, 1.807) is 0 Å². The number of piperidine rings is 1. The second-order valence-electron chi connectivity index (χ2n) is 6.97. The molecule has 1 aromatic carbocycles. The van der Waals surface area contributed by atoms with Crippen molar-refractivity contribution < 1.29 is 27.9 Å². The number of carbonyl (C=O) groups excluding carboxylic acids is 1. The summed E-state index contributed by atoms with van der Waals surface area (Å²) in [4.78, 5) is 28.1. The van der Waals surface area contributed by atoms with Crippen LogP contribution in [0.25, 0.3) is 10.9 Å². The predicted octanol–water partition coefficient (Wildman–Crippen LogP) is 2.47. The van der Waals surface area contributed by atoms with Crippen molar-refractivity contribution in [1.29, 1.82) is 0 Å². The molecule has 1 unspecified atom stereocenters. The molecular formula is C20H25F3N4O3. The highest BCUT2D eigenvalue weighted by atomic mass is 19.4. The molecule has 10 heteroatoms. The number of halogens is 3. The number of para-hydroxylation sites is 1. The summed E-state index contributed by atoms with van der Waals surface area (Å²) in [6.07, 6.45) is -3.12. The Morgan fingerprint density at radius 2 is 2.00 bits per heavy atom. The normalized spacial score (nSPS) is 16.6. The Morgan fingerprint density at radius 1 is 1.33 bits per heavy atom. The number of anilines is 1. The number of pyridine rings is 1. The van der Waals surface area contributed by atoms with Crippen molar-refractivity contribution in [3.05, 3.63) is 36.0 Å². The first-order chi connectivity index (χ1) is 14.1. The van der Waals surface area contributed by atoms with E-state index in [0.29, 0.717) is 13.1 Å². The van der Waals surface area contributed by atoms with E-state index in [1.807, 2.05) is 25.1 Å². The van der Waals surface area contributed by atoms with Crippen LogP contribution in [0.3, 0.4) is 0 Å². The van der Waals surface area contributed by atoms with Gasteiger partial charge in [-0.2, -0.15) is 13.2 Å². The molecule has 2 aromatic rings. The zero-order valence-corrected chi connectivity index (χ0v) is 16.6. The summed E-state index contributed by atoms with van der Waals surface area (Å²) in [5, 5.41) is 11.2. The summed E-state index contributed by atoms with van der Waals surface area (Å²) in [5.74, 6) is -2.61. The molecule has 0 bridgehead atoms. The van der Waals surface area contributed by atoms with Gasteiger partial charge in [-0.3, -0.25) is 9.78 Å². The molecule has 2 heterocycles. The molecule has 1 saturated heterocycles. The SMILES string of the molecule is Cc1cc(N2CCCC(C(=O)NCCN)C2)c2ccccc2n1.O=C(O)C(F)(F)F. The molecule has 1 aromatic heterocycles. The molecule has 1 fully saturated rings. The molecule has 30 heavy (non-hydrogen) atoms. The van der Waals surface area contributed by atoms with Gasteiger partial charge in [0.05, 0.1) is 11.4 Å². The van der Waals surface area contributed by atoms with Gasteiger partial charge in [0.1, 0.15) is 0 Å². The van der Waals surface area contributed by atoms with Gasteiger partial charge in [-0.1, -0.05) is 18.2 Å². The zero-order chi connectivity index (χ0) is 22.3. The van der Waals surface area contributed by atoms with Crippen molar-refractivity contribution in [2.75, 3.05) is 31.1 Å². The average Bonchev–Trinajstić information content (AvgIpc) is 2.71. The van der Waals surface area contributed by atoms with Crippen LogP contribution in [0.5, 0.6) is 0 Å². The van der Waals surface area contributed by atoms with E-state index < -0.39 is 12.1 Å². The number of carboxylic acid groups (broad SMARTS) is 1. The number of fused-ring (bicyclic) bond motifs is 1. The molecule has 1 aliphatic rings. The number of benzene rings is 1. The zero-order valence-electron chi connectivity index (χ0n) is 16.6. The molecule has 0 saturated carbocycles. The number of nitrogens with one attached hydrogen (secondary N) is 1. The fourth-order valence-electron chi connectivity index (χ4n) is 3.30. The fraction of sp³-hybridized carbons (Fsp3) is 0.450. The first-order valence-corrected chi connectivity index (χ1v) is 9.52. The standard InChI is InChI=1S/C18H24N4O.C2HF3O2/c1-13-11-17(15-6-2-3-7-16(15)21-13)22-10-4-5-14(12-22)18(23)20-9-8-19;3-2(4,5)1(6)7/h2-3,6-7,11,14H,4-5,8-10,12,19H2,1H3,(H,20,23);(H,6,7). The highest BCUT2D eigenvalue weighted by molar-refractivity contribution is 5.92. The first-order valence-electron chi connectivity index (χ1n) is 9.52. The smallest absolute Gasteiger partial charge is 0.475 e. The Bertz CT molecular complexity index is 889. The largest absolute Gasteiger partial charge is 0.490 e. The number of aryl methyl sites for hydroxylation is 1. The molecule has 1 amide bonds. The maximum atomic E-state index is 12.3. The van der Waals surface area contributed by atoms with E-state index >= 15 is 0 Å². The van der Waals surface area contributed by atoms with Gasteiger partial charge in [0.15, 0.2) is 0 Å². The van der Waals surface area contributed by atoms with Gasteiger partial charge in [0.25, 0.3) is 0 Å². The monoisotopic (exact) mass is 426 g/mol. The molecule has 0 spiro atoms. The summed E-state index contributed by atoms with van der Waals surface area (Å²) >= 11 is 0. The van der Waals surface area contributed by atoms with Gasteiger partial charge >= 0.3 is 12.1 Å². The molecule has 0 aliphatic carbocycles.